The molecule has 0 fully saturated rings. The highest BCUT2D eigenvalue weighted by molar-refractivity contribution is 7.89. The van der Waals surface area contributed by atoms with E-state index in [0.717, 1.165) is 6.20 Å². The van der Waals surface area contributed by atoms with E-state index in [2.05, 4.69) is 9.71 Å². The van der Waals surface area contributed by atoms with Crippen molar-refractivity contribution in [3.8, 4) is 0 Å². The fraction of sp³-hybridized carbons (Fsp3) is 0.250. The summed E-state index contributed by atoms with van der Waals surface area (Å²) in [5.74, 6) is 1.32. The lowest BCUT2D eigenvalue weighted by Gasteiger charge is -2.12. The number of nitrogens with zero attached hydrogens (tertiary/aromatic N) is 1. The molecule has 0 aliphatic rings. The molecule has 108 valence electrons. The molecule has 3 N–H and O–H groups in total. The Morgan fingerprint density at radius 2 is 2.15 bits per heavy atom. The van der Waals surface area contributed by atoms with E-state index in [0.29, 0.717) is 11.5 Å². The first kappa shape index (κ1) is 14.8. The molecule has 2 aromatic rings. The summed E-state index contributed by atoms with van der Waals surface area (Å²) in [6.45, 7) is 3.47. The number of hydrogen-bond acceptors (Lipinski definition) is 5. The Bertz CT molecular complexity index is 727. The molecule has 0 aromatic carbocycles. The highest BCUT2D eigenvalue weighted by Crippen LogP contribution is 2.22. The Balaban J connectivity index is 2.24. The maximum Gasteiger partial charge on any atom is 0.242 e. The monoisotopic (exact) mass is 315 g/mol. The maximum absolute atomic E-state index is 12.2. The van der Waals surface area contributed by atoms with Crippen LogP contribution in [0, 0.1) is 6.92 Å². The molecule has 0 bridgehead atoms. The Hall–Kier alpha value is -1.57. The van der Waals surface area contributed by atoms with Crippen LogP contribution in [0.15, 0.2) is 33.7 Å². The number of pyridine rings is 1. The predicted molar refractivity (Wildman–Crippen MR) is 75.8 cm³/mol. The van der Waals surface area contributed by atoms with Crippen LogP contribution in [-0.2, 0) is 10.0 Å². The molecule has 1 unspecified atom stereocenters. The van der Waals surface area contributed by atoms with Crippen molar-refractivity contribution < 1.29 is 12.8 Å². The third-order valence-electron chi connectivity index (χ3n) is 2.67. The Morgan fingerprint density at radius 1 is 1.45 bits per heavy atom. The second kappa shape index (κ2) is 5.43. The zero-order valence-electron chi connectivity index (χ0n) is 10.9. The van der Waals surface area contributed by atoms with Crippen LogP contribution in [0.25, 0.3) is 0 Å². The number of aromatic nitrogens is 1. The summed E-state index contributed by atoms with van der Waals surface area (Å²) in [5.41, 5.74) is 5.45. The smallest absolute Gasteiger partial charge is 0.242 e. The molecule has 8 heteroatoms. The average molecular weight is 316 g/mol. The molecular weight excluding hydrogens is 302 g/mol. The van der Waals surface area contributed by atoms with Gasteiger partial charge in [-0.3, -0.25) is 0 Å². The number of rotatable bonds is 4. The van der Waals surface area contributed by atoms with Gasteiger partial charge >= 0.3 is 0 Å². The van der Waals surface area contributed by atoms with E-state index >= 15 is 0 Å². The zero-order valence-corrected chi connectivity index (χ0v) is 12.5. The van der Waals surface area contributed by atoms with Crippen LogP contribution in [-0.4, -0.2) is 13.4 Å². The summed E-state index contributed by atoms with van der Waals surface area (Å²) in [6.07, 6.45) is 1.16. The van der Waals surface area contributed by atoms with Gasteiger partial charge in [0.15, 0.2) is 0 Å². The molecule has 0 saturated heterocycles. The largest absolute Gasteiger partial charge is 0.465 e. The summed E-state index contributed by atoms with van der Waals surface area (Å²) in [7, 11) is -3.75. The van der Waals surface area contributed by atoms with Crippen molar-refractivity contribution in [1.29, 1.82) is 0 Å². The second-order valence-corrected chi connectivity index (χ2v) is 6.45. The van der Waals surface area contributed by atoms with Crippen molar-refractivity contribution in [2.75, 3.05) is 5.73 Å². The molecule has 1 atom stereocenters. The van der Waals surface area contributed by atoms with Crippen molar-refractivity contribution in [3.63, 3.8) is 0 Å². The molecule has 2 heterocycles. The number of nitrogens with two attached hydrogens (primary N) is 1. The minimum Gasteiger partial charge on any atom is -0.465 e. The second-order valence-electron chi connectivity index (χ2n) is 4.33. The lowest BCUT2D eigenvalue weighted by molar-refractivity contribution is 0.441. The van der Waals surface area contributed by atoms with Gasteiger partial charge in [0.2, 0.25) is 10.0 Å². The van der Waals surface area contributed by atoms with E-state index in [1.54, 1.807) is 26.0 Å². The van der Waals surface area contributed by atoms with Crippen LogP contribution in [0.3, 0.4) is 0 Å². The number of aryl methyl sites for hydroxylation is 1. The Morgan fingerprint density at radius 3 is 2.70 bits per heavy atom. The first-order chi connectivity index (χ1) is 9.29. The topological polar surface area (TPSA) is 98.2 Å². The van der Waals surface area contributed by atoms with Crippen LogP contribution < -0.4 is 10.5 Å². The highest BCUT2D eigenvalue weighted by Gasteiger charge is 2.21. The van der Waals surface area contributed by atoms with E-state index in [1.807, 2.05) is 0 Å². The number of furan rings is 1. The van der Waals surface area contributed by atoms with Crippen LogP contribution in [0.5, 0.6) is 0 Å². The average Bonchev–Trinajstić information content (AvgIpc) is 2.79. The van der Waals surface area contributed by atoms with Gasteiger partial charge in [0.25, 0.3) is 0 Å². The molecule has 0 aliphatic carbocycles. The van der Waals surface area contributed by atoms with Gasteiger partial charge in [0.1, 0.15) is 22.2 Å². The van der Waals surface area contributed by atoms with Gasteiger partial charge in [-0.2, -0.15) is 0 Å². The molecule has 0 saturated carbocycles. The predicted octanol–water partition coefficient (Wildman–Crippen LogP) is 2.26. The molecule has 2 rings (SSSR count). The lowest BCUT2D eigenvalue weighted by atomic mass is 10.3. The van der Waals surface area contributed by atoms with Gasteiger partial charge in [-0.05, 0) is 32.0 Å². The van der Waals surface area contributed by atoms with E-state index < -0.39 is 16.1 Å². The van der Waals surface area contributed by atoms with Crippen LogP contribution >= 0.6 is 11.6 Å². The summed E-state index contributed by atoms with van der Waals surface area (Å²) in [5, 5.41) is 0.0920. The van der Waals surface area contributed by atoms with Crippen molar-refractivity contribution in [2.45, 2.75) is 24.8 Å². The fourth-order valence-corrected chi connectivity index (χ4v) is 3.04. The lowest BCUT2D eigenvalue weighted by Crippen LogP contribution is -2.26. The standard InChI is InChI=1S/C12H14ClN3O3S/c1-7-3-4-11(19-7)8(2)16-20(17,18)9-5-10(13)12(14)15-6-9/h3-6,8,16H,1-2H3,(H2,14,15). The number of nitrogen functional groups attached to an aromatic ring is 1. The molecule has 0 amide bonds. The molecule has 0 radical (unpaired) electrons. The van der Waals surface area contributed by atoms with Crippen molar-refractivity contribution in [1.82, 2.24) is 9.71 Å². The SMILES string of the molecule is Cc1ccc(C(C)NS(=O)(=O)c2cnc(N)c(Cl)c2)o1. The van der Waals surface area contributed by atoms with Crippen molar-refractivity contribution in [2.24, 2.45) is 0 Å². The summed E-state index contributed by atoms with van der Waals surface area (Å²) in [4.78, 5) is 3.68. The molecule has 20 heavy (non-hydrogen) atoms. The minimum absolute atomic E-state index is 0.0492. The minimum atomic E-state index is -3.75. The van der Waals surface area contributed by atoms with Crippen molar-refractivity contribution in [3.05, 3.63) is 40.9 Å². The third kappa shape index (κ3) is 3.12. The normalized spacial score (nSPS) is 13.3. The van der Waals surface area contributed by atoms with Gasteiger partial charge in [0.05, 0.1) is 11.1 Å². The highest BCUT2D eigenvalue weighted by atomic mass is 35.5. The number of sulfonamides is 1. The maximum atomic E-state index is 12.2. The molecular formula is C12H14ClN3O3S. The van der Waals surface area contributed by atoms with Crippen LogP contribution in [0.1, 0.15) is 24.5 Å². The summed E-state index contributed by atoms with van der Waals surface area (Å²) >= 11 is 5.78. The Kier molecular flexibility index (Phi) is 4.03. The molecule has 0 aliphatic heterocycles. The number of anilines is 1. The molecule has 6 nitrogen and oxygen atoms in total. The summed E-state index contributed by atoms with van der Waals surface area (Å²) < 4.78 is 32.3. The van der Waals surface area contributed by atoms with Gasteiger partial charge < -0.3 is 10.2 Å². The van der Waals surface area contributed by atoms with E-state index in [-0.39, 0.29) is 15.7 Å². The quantitative estimate of drug-likeness (QED) is 0.901. The number of hydrogen-bond donors (Lipinski definition) is 2. The van der Waals surface area contributed by atoms with E-state index in [9.17, 15) is 8.42 Å². The molecule has 0 spiro atoms. The van der Waals surface area contributed by atoms with Gasteiger partial charge in [-0.1, -0.05) is 11.6 Å². The zero-order chi connectivity index (χ0) is 14.9. The van der Waals surface area contributed by atoms with Crippen molar-refractivity contribution >= 4 is 27.4 Å². The first-order valence-corrected chi connectivity index (χ1v) is 7.65. The van der Waals surface area contributed by atoms with Gasteiger partial charge in [0, 0.05) is 6.20 Å². The number of nitrogens with one attached hydrogen (secondary N) is 1. The summed E-state index contributed by atoms with van der Waals surface area (Å²) in [6, 6.07) is 4.23. The van der Waals surface area contributed by atoms with Gasteiger partial charge in [-0.25, -0.2) is 18.1 Å². The van der Waals surface area contributed by atoms with E-state index in [1.165, 1.54) is 6.07 Å². The number of halogens is 1. The third-order valence-corrected chi connectivity index (χ3v) is 4.49. The van der Waals surface area contributed by atoms with E-state index in [4.69, 9.17) is 21.8 Å². The fourth-order valence-electron chi connectivity index (χ4n) is 1.62. The first-order valence-electron chi connectivity index (χ1n) is 5.79. The Labute approximate surface area is 122 Å². The molecule has 2 aromatic heterocycles. The van der Waals surface area contributed by atoms with Crippen LogP contribution in [0.4, 0.5) is 5.82 Å². The van der Waals surface area contributed by atoms with Crippen LogP contribution in [0.2, 0.25) is 5.02 Å². The van der Waals surface area contributed by atoms with Gasteiger partial charge in [-0.15, -0.1) is 0 Å².